The van der Waals surface area contributed by atoms with Crippen LogP contribution in [-0.2, 0) is 0 Å². The van der Waals surface area contributed by atoms with E-state index in [1.165, 1.54) is 0 Å². The van der Waals surface area contributed by atoms with Gasteiger partial charge in [-0.1, -0.05) is 6.08 Å². The van der Waals surface area contributed by atoms with Gasteiger partial charge < -0.3 is 10.3 Å². The molecular weight excluding hydrogens is 90.1 g/mol. The summed E-state index contributed by atoms with van der Waals surface area (Å²) in [5, 5.41) is 10.4. The van der Waals surface area contributed by atoms with Gasteiger partial charge in [-0.15, -0.1) is 6.58 Å². The average Bonchev–Trinajstić information content (AvgIpc) is 1.61. The molecule has 0 rings (SSSR count). The number of hydroxylamine groups is 2. The monoisotopic (exact) mass is 101 g/mol. The first kappa shape index (κ1) is 6.66. The summed E-state index contributed by atoms with van der Waals surface area (Å²) in [6.45, 7) is 4.12. The lowest BCUT2D eigenvalue weighted by molar-refractivity contribution is -0.825. The first-order chi connectivity index (χ1) is 3.27. The molecule has 2 heteroatoms. The predicted molar refractivity (Wildman–Crippen MR) is 29.9 cm³/mol. The van der Waals surface area contributed by atoms with E-state index in [0.717, 1.165) is 6.42 Å². The SMILES string of the molecule is C=CCC[NH+](C)[O-]. The van der Waals surface area contributed by atoms with Gasteiger partial charge in [0.05, 0.1) is 13.6 Å². The van der Waals surface area contributed by atoms with E-state index in [0.29, 0.717) is 6.54 Å². The minimum Gasteiger partial charge on any atom is -0.634 e. The highest BCUT2D eigenvalue weighted by Crippen LogP contribution is 1.67. The Morgan fingerprint density at radius 1 is 1.86 bits per heavy atom. The molecule has 0 radical (unpaired) electrons. The summed E-state index contributed by atoms with van der Waals surface area (Å²) >= 11 is 0. The van der Waals surface area contributed by atoms with Crippen molar-refractivity contribution in [3.8, 4) is 0 Å². The molecule has 0 aromatic rings. The van der Waals surface area contributed by atoms with Crippen LogP contribution in [0.5, 0.6) is 0 Å². The molecule has 0 aromatic carbocycles. The Balaban J connectivity index is 2.81. The van der Waals surface area contributed by atoms with E-state index >= 15 is 0 Å². The van der Waals surface area contributed by atoms with Gasteiger partial charge >= 0.3 is 0 Å². The summed E-state index contributed by atoms with van der Waals surface area (Å²) in [6, 6.07) is 0. The van der Waals surface area contributed by atoms with Gasteiger partial charge in [-0.2, -0.15) is 0 Å². The summed E-state index contributed by atoms with van der Waals surface area (Å²) < 4.78 is 0. The molecule has 0 heterocycles. The molecule has 0 amide bonds. The van der Waals surface area contributed by atoms with Crippen LogP contribution in [0, 0.1) is 5.21 Å². The fraction of sp³-hybridized carbons (Fsp3) is 0.600. The topological polar surface area (TPSA) is 27.5 Å². The van der Waals surface area contributed by atoms with Crippen molar-refractivity contribution in [3.05, 3.63) is 17.9 Å². The van der Waals surface area contributed by atoms with Crippen LogP contribution in [0.3, 0.4) is 0 Å². The summed E-state index contributed by atoms with van der Waals surface area (Å²) in [4.78, 5) is 0. The molecule has 1 atom stereocenters. The van der Waals surface area contributed by atoms with E-state index in [1.54, 1.807) is 13.1 Å². The Morgan fingerprint density at radius 3 is 2.57 bits per heavy atom. The third-order valence-corrected chi connectivity index (χ3v) is 0.701. The normalized spacial score (nSPS) is 13.4. The molecule has 0 aliphatic rings. The minimum absolute atomic E-state index is 0.236. The quantitative estimate of drug-likeness (QED) is 0.379. The highest BCUT2D eigenvalue weighted by Gasteiger charge is 1.80. The Bertz CT molecular complexity index is 52.0. The third-order valence-electron chi connectivity index (χ3n) is 0.701. The number of rotatable bonds is 3. The number of hydrogen-bond donors (Lipinski definition) is 1. The largest absolute Gasteiger partial charge is 0.634 e. The molecule has 42 valence electrons. The van der Waals surface area contributed by atoms with Crippen LogP contribution in [0.15, 0.2) is 12.7 Å². The van der Waals surface area contributed by atoms with Gasteiger partial charge in [0.2, 0.25) is 0 Å². The van der Waals surface area contributed by atoms with Crippen molar-refractivity contribution >= 4 is 0 Å². The first-order valence-electron chi connectivity index (χ1n) is 2.37. The van der Waals surface area contributed by atoms with Gasteiger partial charge in [0, 0.05) is 6.42 Å². The molecule has 0 bridgehead atoms. The second kappa shape index (κ2) is 3.84. The average molecular weight is 101 g/mol. The van der Waals surface area contributed by atoms with E-state index < -0.39 is 0 Å². The van der Waals surface area contributed by atoms with Crippen molar-refractivity contribution < 1.29 is 5.06 Å². The van der Waals surface area contributed by atoms with Gasteiger partial charge in [0.25, 0.3) is 0 Å². The Kier molecular flexibility index (Phi) is 3.65. The third kappa shape index (κ3) is 5.66. The molecule has 1 unspecified atom stereocenters. The highest BCUT2D eigenvalue weighted by atomic mass is 16.5. The van der Waals surface area contributed by atoms with Gasteiger partial charge in [-0.3, -0.25) is 0 Å². The standard InChI is InChI=1S/C5H11NO/c1-3-4-5-6(2)7/h3,6H,1,4-5H2,2H3. The van der Waals surface area contributed by atoms with Crippen molar-refractivity contribution in [1.29, 1.82) is 0 Å². The van der Waals surface area contributed by atoms with Crippen LogP contribution in [0.25, 0.3) is 0 Å². The zero-order chi connectivity index (χ0) is 5.70. The lowest BCUT2D eigenvalue weighted by Crippen LogP contribution is -3.03. The molecular formula is C5H11NO. The van der Waals surface area contributed by atoms with E-state index in [2.05, 4.69) is 6.58 Å². The minimum atomic E-state index is 0.236. The van der Waals surface area contributed by atoms with Crippen LogP contribution in [-0.4, -0.2) is 13.6 Å². The fourth-order valence-electron chi connectivity index (χ4n) is 0.305. The predicted octanol–water partition coefficient (Wildman–Crippen LogP) is -0.425. The molecule has 7 heavy (non-hydrogen) atoms. The van der Waals surface area contributed by atoms with E-state index in [9.17, 15) is 5.21 Å². The van der Waals surface area contributed by atoms with Crippen molar-refractivity contribution in [1.82, 2.24) is 0 Å². The summed E-state index contributed by atoms with van der Waals surface area (Å²) in [5.41, 5.74) is 0. The number of hydrogen-bond acceptors (Lipinski definition) is 1. The van der Waals surface area contributed by atoms with Gasteiger partial charge in [-0.05, 0) is 0 Å². The van der Waals surface area contributed by atoms with Gasteiger partial charge in [-0.25, -0.2) is 0 Å². The maximum Gasteiger partial charge on any atom is 0.0801 e. The van der Waals surface area contributed by atoms with Crippen molar-refractivity contribution in [3.63, 3.8) is 0 Å². The molecule has 0 aliphatic carbocycles. The smallest absolute Gasteiger partial charge is 0.0801 e. The van der Waals surface area contributed by atoms with E-state index in [1.807, 2.05) is 0 Å². The molecule has 0 saturated heterocycles. The van der Waals surface area contributed by atoms with Gasteiger partial charge in [0.15, 0.2) is 0 Å². The van der Waals surface area contributed by atoms with E-state index in [-0.39, 0.29) is 5.06 Å². The molecule has 0 saturated carbocycles. The van der Waals surface area contributed by atoms with Crippen LogP contribution in [0.1, 0.15) is 6.42 Å². The summed E-state index contributed by atoms with van der Waals surface area (Å²) in [7, 11) is 1.59. The Morgan fingerprint density at radius 2 is 2.43 bits per heavy atom. The van der Waals surface area contributed by atoms with Crippen molar-refractivity contribution in [2.75, 3.05) is 13.6 Å². The maximum absolute atomic E-state index is 10.2. The Labute approximate surface area is 44.0 Å². The lowest BCUT2D eigenvalue weighted by Gasteiger charge is -2.13. The molecule has 0 aromatic heterocycles. The Hall–Kier alpha value is -0.340. The molecule has 0 aliphatic heterocycles. The molecule has 0 spiro atoms. The van der Waals surface area contributed by atoms with Crippen LogP contribution in [0.4, 0.5) is 0 Å². The molecule has 0 fully saturated rings. The fourth-order valence-corrected chi connectivity index (χ4v) is 0.305. The van der Waals surface area contributed by atoms with Crippen LogP contribution in [0.2, 0.25) is 0 Å². The molecule has 1 N–H and O–H groups in total. The highest BCUT2D eigenvalue weighted by molar-refractivity contribution is 4.63. The zero-order valence-corrected chi connectivity index (χ0v) is 4.61. The second-order valence-corrected chi connectivity index (χ2v) is 1.53. The summed E-state index contributed by atoms with van der Waals surface area (Å²) in [6.07, 6.45) is 2.57. The van der Waals surface area contributed by atoms with E-state index in [4.69, 9.17) is 0 Å². The zero-order valence-electron chi connectivity index (χ0n) is 4.61. The van der Waals surface area contributed by atoms with Crippen LogP contribution < -0.4 is 5.06 Å². The molecule has 2 nitrogen and oxygen atoms in total. The summed E-state index contributed by atoms with van der Waals surface area (Å²) in [5.74, 6) is 0. The maximum atomic E-state index is 10.2. The van der Waals surface area contributed by atoms with Crippen molar-refractivity contribution in [2.45, 2.75) is 6.42 Å². The van der Waals surface area contributed by atoms with Crippen LogP contribution >= 0.6 is 0 Å². The first-order valence-corrected chi connectivity index (χ1v) is 2.37. The number of nitrogens with one attached hydrogen (secondary N) is 1. The van der Waals surface area contributed by atoms with Gasteiger partial charge in [0.1, 0.15) is 0 Å². The van der Waals surface area contributed by atoms with Crippen molar-refractivity contribution in [2.24, 2.45) is 0 Å². The number of quaternary nitrogens is 1. The lowest BCUT2D eigenvalue weighted by atomic mass is 10.4. The second-order valence-electron chi connectivity index (χ2n) is 1.53.